The van der Waals surface area contributed by atoms with Gasteiger partial charge >= 0.3 is 5.97 Å². The molecule has 0 spiro atoms. The van der Waals surface area contributed by atoms with Crippen LogP contribution in [0.3, 0.4) is 0 Å². The monoisotopic (exact) mass is 485 g/mol. The fraction of sp³-hybridized carbons (Fsp3) is 0.278. The van der Waals surface area contributed by atoms with Gasteiger partial charge in [-0.3, -0.25) is 14.9 Å². The number of nitro groups is 1. The SMILES string of the molecule is CC(=O)Oc1c(C)cc(Oc2c(Br)cc([N+](=O)[O-])cc2Br)cc1C(C)C. The van der Waals surface area contributed by atoms with Crippen molar-refractivity contribution in [2.45, 2.75) is 33.6 Å². The first-order chi connectivity index (χ1) is 12.1. The Balaban J connectivity index is 2.48. The number of esters is 1. The summed E-state index contributed by atoms with van der Waals surface area (Å²) < 4.78 is 12.2. The minimum absolute atomic E-state index is 0.0552. The maximum absolute atomic E-state index is 11.4. The second-order valence-corrected chi connectivity index (χ2v) is 7.71. The van der Waals surface area contributed by atoms with Crippen LogP contribution in [0.1, 0.15) is 37.8 Å². The van der Waals surface area contributed by atoms with Gasteiger partial charge < -0.3 is 9.47 Å². The Morgan fingerprint density at radius 1 is 1.12 bits per heavy atom. The van der Waals surface area contributed by atoms with Gasteiger partial charge in [-0.05, 0) is 62.4 Å². The highest BCUT2D eigenvalue weighted by Gasteiger charge is 2.19. The van der Waals surface area contributed by atoms with Crippen molar-refractivity contribution in [3.8, 4) is 17.2 Å². The van der Waals surface area contributed by atoms with E-state index >= 15 is 0 Å². The number of benzene rings is 2. The van der Waals surface area contributed by atoms with Crippen LogP contribution in [0.25, 0.3) is 0 Å². The van der Waals surface area contributed by atoms with Crippen LogP contribution in [-0.4, -0.2) is 10.9 Å². The molecule has 0 N–H and O–H groups in total. The van der Waals surface area contributed by atoms with E-state index in [2.05, 4.69) is 31.9 Å². The minimum atomic E-state index is -0.478. The fourth-order valence-corrected chi connectivity index (χ4v) is 3.73. The van der Waals surface area contributed by atoms with Crippen LogP contribution in [0.15, 0.2) is 33.2 Å². The van der Waals surface area contributed by atoms with E-state index in [1.165, 1.54) is 19.1 Å². The summed E-state index contributed by atoms with van der Waals surface area (Å²) >= 11 is 6.62. The third-order valence-electron chi connectivity index (χ3n) is 3.56. The van der Waals surface area contributed by atoms with E-state index in [0.717, 1.165) is 11.1 Å². The van der Waals surface area contributed by atoms with Gasteiger partial charge in [0.2, 0.25) is 0 Å². The van der Waals surface area contributed by atoms with Gasteiger partial charge in [-0.1, -0.05) is 13.8 Å². The Kier molecular flexibility index (Phi) is 6.41. The number of nitro benzene ring substituents is 1. The van der Waals surface area contributed by atoms with Crippen LogP contribution in [0.5, 0.6) is 17.2 Å². The Labute approximate surface area is 167 Å². The van der Waals surface area contributed by atoms with Crippen molar-refractivity contribution in [3.05, 3.63) is 54.5 Å². The highest BCUT2D eigenvalue weighted by atomic mass is 79.9. The molecule has 2 rings (SSSR count). The number of carbonyl (C=O) groups excluding carboxylic acids is 1. The molecule has 0 bridgehead atoms. The summed E-state index contributed by atoms with van der Waals surface area (Å²) in [7, 11) is 0. The number of halogens is 2. The van der Waals surface area contributed by atoms with E-state index in [9.17, 15) is 14.9 Å². The molecular weight excluding hydrogens is 470 g/mol. The first-order valence-electron chi connectivity index (χ1n) is 7.74. The van der Waals surface area contributed by atoms with Crippen LogP contribution >= 0.6 is 31.9 Å². The molecule has 0 saturated carbocycles. The normalized spacial score (nSPS) is 10.7. The molecule has 6 nitrogen and oxygen atoms in total. The summed E-state index contributed by atoms with van der Waals surface area (Å²) in [6, 6.07) is 6.31. The number of hydrogen-bond donors (Lipinski definition) is 0. The molecule has 0 aromatic heterocycles. The van der Waals surface area contributed by atoms with Gasteiger partial charge in [0.1, 0.15) is 11.5 Å². The van der Waals surface area contributed by atoms with Crippen molar-refractivity contribution >= 4 is 43.5 Å². The van der Waals surface area contributed by atoms with Crippen molar-refractivity contribution in [1.29, 1.82) is 0 Å². The van der Waals surface area contributed by atoms with Crippen molar-refractivity contribution in [3.63, 3.8) is 0 Å². The number of rotatable bonds is 5. The summed E-state index contributed by atoms with van der Waals surface area (Å²) in [6.45, 7) is 7.17. The number of carbonyl (C=O) groups is 1. The molecule has 2 aromatic rings. The topological polar surface area (TPSA) is 78.7 Å². The standard InChI is InChI=1S/C18H17Br2NO5/c1-9(2)14-8-13(5-10(3)17(14)25-11(4)22)26-18-15(19)6-12(21(23)24)7-16(18)20/h5-9H,1-4H3. The molecular formula is C18H17Br2NO5. The lowest BCUT2D eigenvalue weighted by atomic mass is 9.99. The third-order valence-corrected chi connectivity index (χ3v) is 4.74. The molecule has 0 fully saturated rings. The summed E-state index contributed by atoms with van der Waals surface area (Å²) in [4.78, 5) is 21.8. The van der Waals surface area contributed by atoms with Gasteiger partial charge in [0.25, 0.3) is 5.69 Å². The zero-order valence-electron chi connectivity index (χ0n) is 14.6. The summed E-state index contributed by atoms with van der Waals surface area (Å²) in [5.41, 5.74) is 1.54. The van der Waals surface area contributed by atoms with Gasteiger partial charge in [0, 0.05) is 24.6 Å². The Morgan fingerprint density at radius 3 is 2.15 bits per heavy atom. The summed E-state index contributed by atoms with van der Waals surface area (Å²) in [5, 5.41) is 10.9. The molecule has 0 aliphatic heterocycles. The van der Waals surface area contributed by atoms with E-state index in [-0.39, 0.29) is 17.6 Å². The van der Waals surface area contributed by atoms with Crippen LogP contribution in [0.4, 0.5) is 5.69 Å². The molecule has 0 aliphatic rings. The average molecular weight is 487 g/mol. The molecule has 26 heavy (non-hydrogen) atoms. The lowest BCUT2D eigenvalue weighted by molar-refractivity contribution is -0.385. The quantitative estimate of drug-likeness (QED) is 0.215. The molecule has 0 atom stereocenters. The predicted molar refractivity (Wildman–Crippen MR) is 105 cm³/mol. The number of non-ortho nitro benzene ring substituents is 1. The van der Waals surface area contributed by atoms with Crippen LogP contribution < -0.4 is 9.47 Å². The van der Waals surface area contributed by atoms with Gasteiger partial charge in [0.15, 0.2) is 5.75 Å². The fourth-order valence-electron chi connectivity index (χ4n) is 2.41. The lowest BCUT2D eigenvalue weighted by Gasteiger charge is -2.18. The van der Waals surface area contributed by atoms with E-state index < -0.39 is 4.92 Å². The molecule has 8 heteroatoms. The Morgan fingerprint density at radius 2 is 1.69 bits per heavy atom. The molecule has 138 valence electrons. The first kappa shape index (κ1) is 20.4. The number of aryl methyl sites for hydroxylation is 1. The smallest absolute Gasteiger partial charge is 0.308 e. The molecule has 0 radical (unpaired) electrons. The van der Waals surface area contributed by atoms with E-state index in [0.29, 0.717) is 26.2 Å². The van der Waals surface area contributed by atoms with Crippen molar-refractivity contribution < 1.29 is 19.2 Å². The third kappa shape index (κ3) is 4.62. The van der Waals surface area contributed by atoms with E-state index in [1.54, 1.807) is 12.1 Å². The zero-order chi connectivity index (χ0) is 19.6. The Hall–Kier alpha value is -1.93. The molecule has 0 unspecified atom stereocenters. The molecule has 2 aromatic carbocycles. The van der Waals surface area contributed by atoms with Gasteiger partial charge in [-0.15, -0.1) is 0 Å². The van der Waals surface area contributed by atoms with Crippen molar-refractivity contribution in [2.75, 3.05) is 0 Å². The number of hydrogen-bond acceptors (Lipinski definition) is 5. The molecule has 0 aliphatic carbocycles. The average Bonchev–Trinajstić information content (AvgIpc) is 2.52. The number of nitrogens with zero attached hydrogens (tertiary/aromatic N) is 1. The number of ether oxygens (including phenoxy) is 2. The predicted octanol–water partition coefficient (Wildman–Crippen LogP) is 6.27. The first-order valence-corrected chi connectivity index (χ1v) is 9.33. The van der Waals surface area contributed by atoms with Crippen molar-refractivity contribution in [1.82, 2.24) is 0 Å². The zero-order valence-corrected chi connectivity index (χ0v) is 17.8. The Bertz CT molecular complexity index is 857. The van der Waals surface area contributed by atoms with E-state index in [1.807, 2.05) is 20.8 Å². The van der Waals surface area contributed by atoms with Crippen LogP contribution in [0.2, 0.25) is 0 Å². The van der Waals surface area contributed by atoms with Crippen LogP contribution in [0, 0.1) is 17.0 Å². The molecule has 0 saturated heterocycles. The molecule has 0 amide bonds. The summed E-state index contributed by atoms with van der Waals surface area (Å²) in [6.07, 6.45) is 0. The second kappa shape index (κ2) is 8.18. The van der Waals surface area contributed by atoms with E-state index in [4.69, 9.17) is 9.47 Å². The van der Waals surface area contributed by atoms with Crippen molar-refractivity contribution in [2.24, 2.45) is 0 Å². The minimum Gasteiger partial charge on any atom is -0.455 e. The maximum Gasteiger partial charge on any atom is 0.308 e. The van der Waals surface area contributed by atoms with Crippen LogP contribution in [-0.2, 0) is 4.79 Å². The maximum atomic E-state index is 11.4. The highest BCUT2D eigenvalue weighted by molar-refractivity contribution is 9.11. The largest absolute Gasteiger partial charge is 0.455 e. The second-order valence-electron chi connectivity index (χ2n) is 6.00. The highest BCUT2D eigenvalue weighted by Crippen LogP contribution is 2.42. The lowest BCUT2D eigenvalue weighted by Crippen LogP contribution is -2.07. The molecule has 0 heterocycles. The van der Waals surface area contributed by atoms with Gasteiger partial charge in [0.05, 0.1) is 13.9 Å². The summed E-state index contributed by atoms with van der Waals surface area (Å²) in [5.74, 6) is 1.21. The van der Waals surface area contributed by atoms with Gasteiger partial charge in [-0.25, -0.2) is 0 Å². The van der Waals surface area contributed by atoms with Gasteiger partial charge in [-0.2, -0.15) is 0 Å².